The molecule has 0 unspecified atom stereocenters. The Morgan fingerprint density at radius 2 is 2.33 bits per heavy atom. The van der Waals surface area contributed by atoms with Crippen molar-refractivity contribution in [2.75, 3.05) is 25.2 Å². The van der Waals surface area contributed by atoms with Crippen LogP contribution in [0.15, 0.2) is 18.3 Å². The molecule has 0 radical (unpaired) electrons. The number of pyridine rings is 1. The SMILES string of the molecule is CCCCOCCNC(=O)c1cccnc1NN. The van der Waals surface area contributed by atoms with Crippen molar-refractivity contribution in [3.63, 3.8) is 0 Å². The summed E-state index contributed by atoms with van der Waals surface area (Å²) in [6.07, 6.45) is 3.71. The number of hydrazine groups is 1. The number of nitrogens with one attached hydrogen (secondary N) is 2. The zero-order chi connectivity index (χ0) is 13.2. The number of aromatic nitrogens is 1. The summed E-state index contributed by atoms with van der Waals surface area (Å²) in [4.78, 5) is 15.8. The standard InChI is InChI=1S/C12H20N4O2/c1-2-3-8-18-9-7-15-12(17)10-5-4-6-14-11(10)16-13/h4-6H,2-3,7-9,13H2,1H3,(H,14,16)(H,15,17). The molecule has 6 heteroatoms. The molecule has 1 aromatic heterocycles. The van der Waals surface area contributed by atoms with Crippen LogP contribution in [0.2, 0.25) is 0 Å². The van der Waals surface area contributed by atoms with Gasteiger partial charge in [-0.1, -0.05) is 13.3 Å². The van der Waals surface area contributed by atoms with Crippen molar-refractivity contribution in [1.29, 1.82) is 0 Å². The number of carbonyl (C=O) groups excluding carboxylic acids is 1. The van der Waals surface area contributed by atoms with Crippen LogP contribution in [0.4, 0.5) is 5.82 Å². The van der Waals surface area contributed by atoms with Crippen molar-refractivity contribution in [3.8, 4) is 0 Å². The van der Waals surface area contributed by atoms with Crippen LogP contribution in [0.5, 0.6) is 0 Å². The number of unbranched alkanes of at least 4 members (excludes halogenated alkanes) is 1. The van der Waals surface area contributed by atoms with Gasteiger partial charge in [-0.25, -0.2) is 10.8 Å². The molecular weight excluding hydrogens is 232 g/mol. The molecule has 1 amide bonds. The van der Waals surface area contributed by atoms with E-state index in [1.807, 2.05) is 0 Å². The lowest BCUT2D eigenvalue weighted by atomic mass is 10.2. The van der Waals surface area contributed by atoms with Gasteiger partial charge < -0.3 is 15.5 Å². The van der Waals surface area contributed by atoms with E-state index in [1.165, 1.54) is 0 Å². The van der Waals surface area contributed by atoms with Gasteiger partial charge in [-0.2, -0.15) is 0 Å². The van der Waals surface area contributed by atoms with E-state index >= 15 is 0 Å². The molecule has 0 aliphatic rings. The van der Waals surface area contributed by atoms with Crippen LogP contribution >= 0.6 is 0 Å². The van der Waals surface area contributed by atoms with Gasteiger partial charge in [0.25, 0.3) is 5.91 Å². The maximum absolute atomic E-state index is 11.8. The highest BCUT2D eigenvalue weighted by Crippen LogP contribution is 2.08. The highest BCUT2D eigenvalue weighted by molar-refractivity contribution is 5.98. The molecule has 1 aromatic rings. The zero-order valence-corrected chi connectivity index (χ0v) is 10.6. The maximum Gasteiger partial charge on any atom is 0.255 e. The van der Waals surface area contributed by atoms with E-state index in [9.17, 15) is 4.79 Å². The predicted molar refractivity (Wildman–Crippen MR) is 70.1 cm³/mol. The Kier molecular flexibility index (Phi) is 6.75. The number of rotatable bonds is 8. The van der Waals surface area contributed by atoms with Gasteiger partial charge in [0, 0.05) is 19.3 Å². The minimum absolute atomic E-state index is 0.213. The van der Waals surface area contributed by atoms with E-state index in [2.05, 4.69) is 22.7 Å². The summed E-state index contributed by atoms with van der Waals surface area (Å²) in [5, 5.41) is 2.75. The van der Waals surface area contributed by atoms with E-state index in [0.717, 1.165) is 19.4 Å². The van der Waals surface area contributed by atoms with Gasteiger partial charge >= 0.3 is 0 Å². The van der Waals surface area contributed by atoms with E-state index in [4.69, 9.17) is 10.6 Å². The average Bonchev–Trinajstić information content (AvgIpc) is 2.42. The van der Waals surface area contributed by atoms with Gasteiger partial charge in [0.1, 0.15) is 0 Å². The molecule has 1 rings (SSSR count). The normalized spacial score (nSPS) is 10.1. The summed E-state index contributed by atoms with van der Waals surface area (Å²) in [6, 6.07) is 3.35. The molecule has 6 nitrogen and oxygen atoms in total. The van der Waals surface area contributed by atoms with Gasteiger partial charge in [0.2, 0.25) is 0 Å². The molecule has 4 N–H and O–H groups in total. The molecular formula is C12H20N4O2. The van der Waals surface area contributed by atoms with Crippen LogP contribution in [-0.4, -0.2) is 30.6 Å². The Balaban J connectivity index is 2.32. The van der Waals surface area contributed by atoms with Crippen molar-refractivity contribution in [3.05, 3.63) is 23.9 Å². The van der Waals surface area contributed by atoms with Crippen LogP contribution in [0.3, 0.4) is 0 Å². The van der Waals surface area contributed by atoms with Gasteiger partial charge in [-0.05, 0) is 18.6 Å². The molecule has 100 valence electrons. The highest BCUT2D eigenvalue weighted by atomic mass is 16.5. The number of hydrogen-bond donors (Lipinski definition) is 3. The molecule has 0 aromatic carbocycles. The lowest BCUT2D eigenvalue weighted by Gasteiger charge is -2.08. The first kappa shape index (κ1) is 14.4. The summed E-state index contributed by atoms with van der Waals surface area (Å²) in [7, 11) is 0. The lowest BCUT2D eigenvalue weighted by Crippen LogP contribution is -2.28. The second-order valence-electron chi connectivity index (χ2n) is 3.77. The van der Waals surface area contributed by atoms with Crippen molar-refractivity contribution in [1.82, 2.24) is 10.3 Å². The molecule has 0 aliphatic carbocycles. The Morgan fingerprint density at radius 1 is 1.50 bits per heavy atom. The largest absolute Gasteiger partial charge is 0.380 e. The molecule has 0 atom stereocenters. The van der Waals surface area contributed by atoms with Gasteiger partial charge in [-0.3, -0.25) is 4.79 Å². The fraction of sp³-hybridized carbons (Fsp3) is 0.500. The van der Waals surface area contributed by atoms with Crippen molar-refractivity contribution < 1.29 is 9.53 Å². The average molecular weight is 252 g/mol. The molecule has 0 aliphatic heterocycles. The van der Waals surface area contributed by atoms with E-state index in [1.54, 1.807) is 18.3 Å². The van der Waals surface area contributed by atoms with Crippen molar-refractivity contribution in [2.45, 2.75) is 19.8 Å². The summed E-state index contributed by atoms with van der Waals surface area (Å²) in [5.74, 6) is 5.43. The summed E-state index contributed by atoms with van der Waals surface area (Å²) >= 11 is 0. The first-order valence-electron chi connectivity index (χ1n) is 6.07. The van der Waals surface area contributed by atoms with Gasteiger partial charge in [-0.15, -0.1) is 0 Å². The van der Waals surface area contributed by atoms with Crippen LogP contribution in [0.25, 0.3) is 0 Å². The zero-order valence-electron chi connectivity index (χ0n) is 10.6. The maximum atomic E-state index is 11.8. The van der Waals surface area contributed by atoms with Crippen molar-refractivity contribution >= 4 is 11.7 Å². The first-order valence-corrected chi connectivity index (χ1v) is 6.07. The quantitative estimate of drug-likeness (QED) is 0.363. The number of hydrogen-bond acceptors (Lipinski definition) is 5. The molecule has 0 saturated carbocycles. The van der Waals surface area contributed by atoms with Crippen LogP contribution < -0.4 is 16.6 Å². The Hall–Kier alpha value is -1.66. The number of ether oxygens (including phenoxy) is 1. The van der Waals surface area contributed by atoms with Gasteiger partial charge in [0.05, 0.1) is 12.2 Å². The fourth-order valence-electron chi connectivity index (χ4n) is 1.38. The first-order chi connectivity index (χ1) is 8.79. The Bertz CT molecular complexity index is 371. The Morgan fingerprint density at radius 3 is 3.06 bits per heavy atom. The Labute approximate surface area is 107 Å². The van der Waals surface area contributed by atoms with Crippen LogP contribution in [-0.2, 0) is 4.74 Å². The minimum Gasteiger partial charge on any atom is -0.380 e. The number of carbonyl (C=O) groups is 1. The number of nitrogens with two attached hydrogens (primary N) is 1. The third-order valence-corrected chi connectivity index (χ3v) is 2.36. The predicted octanol–water partition coefficient (Wildman–Crippen LogP) is 0.914. The number of amides is 1. The summed E-state index contributed by atoms with van der Waals surface area (Å²) in [6.45, 7) is 3.82. The third-order valence-electron chi connectivity index (χ3n) is 2.36. The van der Waals surface area contributed by atoms with E-state index in [0.29, 0.717) is 24.5 Å². The number of anilines is 1. The van der Waals surface area contributed by atoms with Crippen LogP contribution in [0.1, 0.15) is 30.1 Å². The molecule has 0 bridgehead atoms. The minimum atomic E-state index is -0.213. The molecule has 18 heavy (non-hydrogen) atoms. The number of nitrogens with zero attached hydrogens (tertiary/aromatic N) is 1. The summed E-state index contributed by atoms with van der Waals surface area (Å²) < 4.78 is 5.35. The number of nitrogen functional groups attached to an aromatic ring is 1. The highest BCUT2D eigenvalue weighted by Gasteiger charge is 2.10. The lowest BCUT2D eigenvalue weighted by molar-refractivity contribution is 0.0913. The van der Waals surface area contributed by atoms with Crippen LogP contribution in [0, 0.1) is 0 Å². The smallest absolute Gasteiger partial charge is 0.255 e. The summed E-state index contributed by atoms with van der Waals surface area (Å²) in [5.41, 5.74) is 2.82. The second kappa shape index (κ2) is 8.43. The molecule has 0 fully saturated rings. The fourth-order valence-corrected chi connectivity index (χ4v) is 1.38. The van der Waals surface area contributed by atoms with Crippen molar-refractivity contribution in [2.24, 2.45) is 5.84 Å². The molecule has 0 saturated heterocycles. The monoisotopic (exact) mass is 252 g/mol. The topological polar surface area (TPSA) is 89.3 Å². The van der Waals surface area contributed by atoms with E-state index in [-0.39, 0.29) is 5.91 Å². The second-order valence-corrected chi connectivity index (χ2v) is 3.77. The van der Waals surface area contributed by atoms with E-state index < -0.39 is 0 Å². The third kappa shape index (κ3) is 4.68. The molecule has 1 heterocycles. The molecule has 0 spiro atoms. The van der Waals surface area contributed by atoms with Gasteiger partial charge in [0.15, 0.2) is 5.82 Å².